The molecule has 1 N–H and O–H groups in total. The summed E-state index contributed by atoms with van der Waals surface area (Å²) in [6.07, 6.45) is 1.54. The average Bonchev–Trinajstić information content (AvgIpc) is 2.44. The maximum Gasteiger partial charge on any atom is 0.225 e. The minimum atomic E-state index is -0.0442. The van der Waals surface area contributed by atoms with E-state index in [4.69, 9.17) is 5.26 Å². The number of benzene rings is 1. The second-order valence-corrected chi connectivity index (χ2v) is 4.39. The van der Waals surface area contributed by atoms with Gasteiger partial charge in [0.1, 0.15) is 6.07 Å². The SMILES string of the molecule is CCCN(CC)CCC(=O)Nc1ccccc1C#N. The topological polar surface area (TPSA) is 56.1 Å². The lowest BCUT2D eigenvalue weighted by Crippen LogP contribution is -2.28. The molecule has 0 bridgehead atoms. The highest BCUT2D eigenvalue weighted by molar-refractivity contribution is 5.92. The summed E-state index contributed by atoms with van der Waals surface area (Å²) in [6, 6.07) is 9.12. The number of nitrogens with one attached hydrogen (secondary N) is 1. The number of para-hydroxylation sites is 1. The van der Waals surface area contributed by atoms with E-state index in [1.54, 1.807) is 18.2 Å². The first kappa shape index (κ1) is 15.2. The Hall–Kier alpha value is -1.86. The van der Waals surface area contributed by atoms with Gasteiger partial charge in [-0.3, -0.25) is 4.79 Å². The van der Waals surface area contributed by atoms with E-state index in [1.165, 1.54) is 0 Å². The van der Waals surface area contributed by atoms with Crippen LogP contribution >= 0.6 is 0 Å². The van der Waals surface area contributed by atoms with Crippen LogP contribution in [0.3, 0.4) is 0 Å². The molecule has 0 fully saturated rings. The lowest BCUT2D eigenvalue weighted by molar-refractivity contribution is -0.116. The number of amides is 1. The Balaban J connectivity index is 2.49. The van der Waals surface area contributed by atoms with Crippen LogP contribution in [0.25, 0.3) is 0 Å². The molecule has 1 amide bonds. The van der Waals surface area contributed by atoms with E-state index in [0.717, 1.165) is 26.1 Å². The highest BCUT2D eigenvalue weighted by atomic mass is 16.1. The van der Waals surface area contributed by atoms with Crippen LogP contribution in [0, 0.1) is 11.3 Å². The number of nitriles is 1. The van der Waals surface area contributed by atoms with Gasteiger partial charge in [-0.05, 0) is 31.6 Å². The van der Waals surface area contributed by atoms with Gasteiger partial charge in [0, 0.05) is 13.0 Å². The van der Waals surface area contributed by atoms with Crippen molar-refractivity contribution in [2.75, 3.05) is 25.0 Å². The molecule has 0 aliphatic carbocycles. The molecule has 1 rings (SSSR count). The Morgan fingerprint density at radius 3 is 2.68 bits per heavy atom. The predicted octanol–water partition coefficient (Wildman–Crippen LogP) is 2.62. The molecule has 0 atom stereocenters. The molecule has 102 valence electrons. The number of carbonyl (C=O) groups is 1. The Labute approximate surface area is 115 Å². The van der Waals surface area contributed by atoms with Crippen molar-refractivity contribution in [3.63, 3.8) is 0 Å². The third-order valence-corrected chi connectivity index (χ3v) is 2.96. The molecule has 19 heavy (non-hydrogen) atoms. The molecule has 0 heterocycles. The first-order chi connectivity index (χ1) is 9.21. The van der Waals surface area contributed by atoms with E-state index < -0.39 is 0 Å². The fourth-order valence-corrected chi connectivity index (χ4v) is 1.91. The van der Waals surface area contributed by atoms with Crippen molar-refractivity contribution < 1.29 is 4.79 Å². The lowest BCUT2D eigenvalue weighted by Gasteiger charge is -2.19. The fourth-order valence-electron chi connectivity index (χ4n) is 1.91. The van der Waals surface area contributed by atoms with Crippen LogP contribution in [0.5, 0.6) is 0 Å². The molecule has 0 aliphatic heterocycles. The molecule has 0 radical (unpaired) electrons. The number of anilines is 1. The molecule has 0 aliphatic rings. The van der Waals surface area contributed by atoms with Crippen LogP contribution in [0.2, 0.25) is 0 Å². The summed E-state index contributed by atoms with van der Waals surface area (Å²) >= 11 is 0. The van der Waals surface area contributed by atoms with Gasteiger partial charge in [0.05, 0.1) is 11.3 Å². The highest BCUT2D eigenvalue weighted by Crippen LogP contribution is 2.13. The van der Waals surface area contributed by atoms with E-state index >= 15 is 0 Å². The van der Waals surface area contributed by atoms with Gasteiger partial charge in [0.2, 0.25) is 5.91 Å². The van der Waals surface area contributed by atoms with E-state index in [-0.39, 0.29) is 5.91 Å². The van der Waals surface area contributed by atoms with Gasteiger partial charge in [-0.15, -0.1) is 0 Å². The normalized spacial score (nSPS) is 10.2. The Morgan fingerprint density at radius 1 is 1.32 bits per heavy atom. The second kappa shape index (κ2) is 8.28. The minimum absolute atomic E-state index is 0.0442. The third kappa shape index (κ3) is 5.11. The van der Waals surface area contributed by atoms with Crippen molar-refractivity contribution in [1.82, 2.24) is 4.90 Å². The number of hydrogen-bond donors (Lipinski definition) is 1. The van der Waals surface area contributed by atoms with E-state index in [1.807, 2.05) is 6.07 Å². The molecular formula is C15H21N3O. The Bertz CT molecular complexity index is 451. The van der Waals surface area contributed by atoms with Crippen molar-refractivity contribution >= 4 is 11.6 Å². The maximum atomic E-state index is 11.9. The predicted molar refractivity (Wildman–Crippen MR) is 76.8 cm³/mol. The molecule has 0 aromatic heterocycles. The number of carbonyl (C=O) groups excluding carboxylic acids is 1. The van der Waals surface area contributed by atoms with Crippen LogP contribution in [0.1, 0.15) is 32.3 Å². The average molecular weight is 259 g/mol. The zero-order valence-electron chi connectivity index (χ0n) is 11.6. The minimum Gasteiger partial charge on any atom is -0.325 e. The fraction of sp³-hybridized carbons (Fsp3) is 0.467. The van der Waals surface area contributed by atoms with Gasteiger partial charge in [-0.1, -0.05) is 26.0 Å². The number of rotatable bonds is 7. The zero-order valence-corrected chi connectivity index (χ0v) is 11.6. The largest absolute Gasteiger partial charge is 0.325 e. The number of nitrogens with zero attached hydrogens (tertiary/aromatic N) is 2. The van der Waals surface area contributed by atoms with Gasteiger partial charge < -0.3 is 10.2 Å². The van der Waals surface area contributed by atoms with Gasteiger partial charge in [-0.25, -0.2) is 0 Å². The van der Waals surface area contributed by atoms with E-state index in [0.29, 0.717) is 17.7 Å². The second-order valence-electron chi connectivity index (χ2n) is 4.39. The summed E-state index contributed by atoms with van der Waals surface area (Å²) in [5.41, 5.74) is 1.09. The summed E-state index contributed by atoms with van der Waals surface area (Å²) < 4.78 is 0. The molecule has 1 aromatic carbocycles. The Morgan fingerprint density at radius 2 is 2.05 bits per heavy atom. The standard InChI is InChI=1S/C15H21N3O/c1-3-10-18(4-2)11-9-15(19)17-14-8-6-5-7-13(14)12-16/h5-8H,3-4,9-11H2,1-2H3,(H,17,19). The van der Waals surface area contributed by atoms with Crippen LogP contribution in [-0.2, 0) is 4.79 Å². The van der Waals surface area contributed by atoms with E-state index in [9.17, 15) is 4.79 Å². The summed E-state index contributed by atoms with van der Waals surface area (Å²) in [4.78, 5) is 14.1. The quantitative estimate of drug-likeness (QED) is 0.819. The van der Waals surface area contributed by atoms with Gasteiger partial charge in [-0.2, -0.15) is 5.26 Å². The lowest BCUT2D eigenvalue weighted by atomic mass is 10.2. The molecule has 0 spiro atoms. The summed E-state index contributed by atoms with van der Waals surface area (Å²) in [6.45, 7) is 6.95. The van der Waals surface area contributed by atoms with Crippen LogP contribution in [0.15, 0.2) is 24.3 Å². The monoisotopic (exact) mass is 259 g/mol. The summed E-state index contributed by atoms with van der Waals surface area (Å²) in [5.74, 6) is -0.0442. The van der Waals surface area contributed by atoms with E-state index in [2.05, 4.69) is 30.1 Å². The molecular weight excluding hydrogens is 238 g/mol. The summed E-state index contributed by atoms with van der Waals surface area (Å²) in [7, 11) is 0. The molecule has 4 nitrogen and oxygen atoms in total. The molecule has 0 unspecified atom stereocenters. The van der Waals surface area contributed by atoms with Crippen LogP contribution in [-0.4, -0.2) is 30.4 Å². The first-order valence-corrected chi connectivity index (χ1v) is 6.72. The van der Waals surface area contributed by atoms with Crippen molar-refractivity contribution in [3.05, 3.63) is 29.8 Å². The van der Waals surface area contributed by atoms with Gasteiger partial charge in [0.15, 0.2) is 0 Å². The molecule has 0 saturated carbocycles. The third-order valence-electron chi connectivity index (χ3n) is 2.96. The summed E-state index contributed by atoms with van der Waals surface area (Å²) in [5, 5.41) is 11.7. The first-order valence-electron chi connectivity index (χ1n) is 6.72. The van der Waals surface area contributed by atoms with Crippen molar-refractivity contribution in [1.29, 1.82) is 5.26 Å². The van der Waals surface area contributed by atoms with Crippen LogP contribution < -0.4 is 5.32 Å². The van der Waals surface area contributed by atoms with Crippen LogP contribution in [0.4, 0.5) is 5.69 Å². The highest BCUT2D eigenvalue weighted by Gasteiger charge is 2.08. The number of hydrogen-bond acceptors (Lipinski definition) is 3. The molecule has 4 heteroatoms. The maximum absolute atomic E-state index is 11.9. The zero-order chi connectivity index (χ0) is 14.1. The van der Waals surface area contributed by atoms with Gasteiger partial charge in [0.25, 0.3) is 0 Å². The Kier molecular flexibility index (Phi) is 6.62. The van der Waals surface area contributed by atoms with Crippen molar-refractivity contribution in [3.8, 4) is 6.07 Å². The smallest absolute Gasteiger partial charge is 0.225 e. The van der Waals surface area contributed by atoms with Gasteiger partial charge >= 0.3 is 0 Å². The van der Waals surface area contributed by atoms with Crippen molar-refractivity contribution in [2.24, 2.45) is 0 Å². The van der Waals surface area contributed by atoms with Crippen molar-refractivity contribution in [2.45, 2.75) is 26.7 Å². The molecule has 1 aromatic rings. The molecule has 0 saturated heterocycles.